The molecule has 2 heterocycles. The second-order valence-electron chi connectivity index (χ2n) is 15.2. The van der Waals surface area contributed by atoms with Crippen molar-refractivity contribution in [3.63, 3.8) is 0 Å². The number of anilines is 1. The minimum Gasteiger partial charge on any atom is -0.487 e. The van der Waals surface area contributed by atoms with Crippen LogP contribution in [0.5, 0.6) is 5.75 Å². The van der Waals surface area contributed by atoms with Crippen LogP contribution in [0.1, 0.15) is 81.2 Å². The maximum Gasteiger partial charge on any atom is 0.427 e. The van der Waals surface area contributed by atoms with Crippen molar-refractivity contribution in [2.75, 3.05) is 11.5 Å². The lowest BCUT2D eigenvalue weighted by molar-refractivity contribution is -0.175. The molecule has 1 unspecified atom stereocenters. The second kappa shape index (κ2) is 16.1. The van der Waals surface area contributed by atoms with Gasteiger partial charge in [0.15, 0.2) is 31.3 Å². The van der Waals surface area contributed by atoms with Crippen molar-refractivity contribution >= 4 is 32.1 Å². The Bertz CT molecular complexity index is 1910. The zero-order valence-corrected chi connectivity index (χ0v) is 33.6. The number of rotatable bonds is 13. The van der Waals surface area contributed by atoms with Gasteiger partial charge >= 0.3 is 12.2 Å². The fourth-order valence-corrected chi connectivity index (χ4v) is 8.96. The zero-order valence-electron chi connectivity index (χ0n) is 32.6. The molecule has 0 saturated heterocycles. The van der Waals surface area contributed by atoms with Crippen molar-refractivity contribution in [1.82, 2.24) is 14.6 Å². The van der Waals surface area contributed by atoms with Crippen molar-refractivity contribution in [3.05, 3.63) is 78.0 Å². The Morgan fingerprint density at radius 3 is 1.94 bits per heavy atom. The number of benzene rings is 2. The number of halogens is 4. The summed E-state index contributed by atoms with van der Waals surface area (Å²) in [7, 11) is -2.57. The van der Waals surface area contributed by atoms with Gasteiger partial charge in [-0.2, -0.15) is 4.98 Å². The van der Waals surface area contributed by atoms with Gasteiger partial charge < -0.3 is 18.6 Å². The van der Waals surface area contributed by atoms with Gasteiger partial charge in [0.2, 0.25) is 0 Å². The minimum absolute atomic E-state index is 0.0801. The third-order valence-corrected chi connectivity index (χ3v) is 13.8. The zero-order chi connectivity index (χ0) is 40.3. The van der Waals surface area contributed by atoms with E-state index in [-0.39, 0.29) is 22.7 Å². The third kappa shape index (κ3) is 9.40. The molecule has 15 heteroatoms. The average Bonchev–Trinajstić information content (AvgIpc) is 3.50. The van der Waals surface area contributed by atoms with Crippen LogP contribution in [0.15, 0.2) is 60.8 Å². The Labute approximate surface area is 314 Å². The van der Waals surface area contributed by atoms with Crippen LogP contribution in [-0.4, -0.2) is 58.8 Å². The fraction of sp³-hybridized carbons (Fsp3) is 0.487. The number of amides is 2. The van der Waals surface area contributed by atoms with Crippen LogP contribution in [-0.2, 0) is 19.5 Å². The van der Waals surface area contributed by atoms with Gasteiger partial charge in [0.05, 0.1) is 6.61 Å². The molecule has 10 nitrogen and oxygen atoms in total. The molecule has 0 aliphatic rings. The number of pyridine rings is 1. The number of alkyl halides is 2. The highest BCUT2D eigenvalue weighted by molar-refractivity contribution is 6.73. The standard InChI is InChI=1S/C39H50F4N4O6Si/c1-11-54(12-2,13-3)53-38(10,27-17-15-14-16-18-27)39(42,43)22-24-50-32-29(40)20-19-28(31(32)41)26-21-23-46-30(25-26)44-33(45-46)47(34(48)51-36(4,5)6)35(49)52-37(7,8)9/h14-21,23,25H,11-13,22,24H2,1-10H3. The molecule has 4 rings (SSSR count). The lowest BCUT2D eigenvalue weighted by Crippen LogP contribution is -2.53. The van der Waals surface area contributed by atoms with Gasteiger partial charge in [-0.25, -0.2) is 31.7 Å². The lowest BCUT2D eigenvalue weighted by atomic mass is 9.87. The van der Waals surface area contributed by atoms with Crippen LogP contribution in [0.4, 0.5) is 33.1 Å². The van der Waals surface area contributed by atoms with Crippen LogP contribution in [0.3, 0.4) is 0 Å². The van der Waals surface area contributed by atoms with E-state index < -0.39 is 73.6 Å². The molecule has 294 valence electrons. The fourth-order valence-electron chi connectivity index (χ4n) is 5.89. The van der Waals surface area contributed by atoms with Crippen LogP contribution >= 0.6 is 0 Å². The Hall–Kier alpha value is -4.50. The maximum absolute atomic E-state index is 16.4. The van der Waals surface area contributed by atoms with E-state index >= 15 is 17.6 Å². The number of imide groups is 1. The summed E-state index contributed by atoms with van der Waals surface area (Å²) < 4.78 is 87.8. The van der Waals surface area contributed by atoms with E-state index in [0.29, 0.717) is 28.6 Å². The van der Waals surface area contributed by atoms with Crippen molar-refractivity contribution in [1.29, 1.82) is 0 Å². The number of nitrogens with zero attached hydrogens (tertiary/aromatic N) is 4. The van der Waals surface area contributed by atoms with E-state index in [1.807, 2.05) is 20.8 Å². The molecule has 2 aromatic carbocycles. The first-order chi connectivity index (χ1) is 25.1. The average molecular weight is 775 g/mol. The predicted octanol–water partition coefficient (Wildman–Crippen LogP) is 10.7. The molecule has 0 saturated carbocycles. The second-order valence-corrected chi connectivity index (χ2v) is 19.9. The molecule has 1 atom stereocenters. The van der Waals surface area contributed by atoms with E-state index in [4.69, 9.17) is 18.6 Å². The first-order valence-electron chi connectivity index (χ1n) is 18.0. The normalized spacial score (nSPS) is 13.7. The quantitative estimate of drug-likeness (QED) is 0.0977. The SMILES string of the molecule is CC[Si](CC)(CC)OC(C)(c1ccccc1)C(F)(F)CCOc1c(F)ccc(-c2ccn3nc(N(C(=O)OC(C)(C)C)C(=O)OC(C)(C)C)nc3c2)c1F. The van der Waals surface area contributed by atoms with Gasteiger partial charge in [0, 0.05) is 18.2 Å². The number of carbonyl (C=O) groups is 2. The molecular formula is C39H50F4N4O6Si. The van der Waals surface area contributed by atoms with Crippen molar-refractivity contribution in [2.45, 2.75) is 117 Å². The van der Waals surface area contributed by atoms with Gasteiger partial charge in [-0.1, -0.05) is 51.1 Å². The number of hydrogen-bond acceptors (Lipinski definition) is 8. The summed E-state index contributed by atoms with van der Waals surface area (Å²) in [6.07, 6.45) is -1.65. The summed E-state index contributed by atoms with van der Waals surface area (Å²) in [6.45, 7) is 16.2. The summed E-state index contributed by atoms with van der Waals surface area (Å²) in [5, 5.41) is 4.22. The summed E-state index contributed by atoms with van der Waals surface area (Å²) in [4.78, 5) is 31.1. The molecule has 0 fully saturated rings. The van der Waals surface area contributed by atoms with Crippen molar-refractivity contribution in [3.8, 4) is 16.9 Å². The predicted molar refractivity (Wildman–Crippen MR) is 200 cm³/mol. The largest absolute Gasteiger partial charge is 0.487 e. The molecule has 2 aromatic heterocycles. The van der Waals surface area contributed by atoms with E-state index in [2.05, 4.69) is 10.1 Å². The van der Waals surface area contributed by atoms with Gasteiger partial charge in [-0.3, -0.25) is 0 Å². The first-order valence-corrected chi connectivity index (χ1v) is 20.5. The van der Waals surface area contributed by atoms with Gasteiger partial charge in [0.25, 0.3) is 11.9 Å². The van der Waals surface area contributed by atoms with E-state index in [9.17, 15) is 9.59 Å². The van der Waals surface area contributed by atoms with Crippen LogP contribution in [0, 0.1) is 11.6 Å². The van der Waals surface area contributed by atoms with Crippen LogP contribution < -0.4 is 9.64 Å². The summed E-state index contributed by atoms with van der Waals surface area (Å²) in [5.74, 6) is -6.88. The molecular weight excluding hydrogens is 725 g/mol. The molecule has 2 amide bonds. The Kier molecular flexibility index (Phi) is 12.6. The van der Waals surface area contributed by atoms with Crippen molar-refractivity contribution in [2.24, 2.45) is 0 Å². The maximum atomic E-state index is 16.4. The summed E-state index contributed by atoms with van der Waals surface area (Å²) >= 11 is 0. The summed E-state index contributed by atoms with van der Waals surface area (Å²) in [5.41, 5.74) is -3.50. The number of fused-ring (bicyclic) bond motifs is 1. The minimum atomic E-state index is -3.49. The van der Waals surface area contributed by atoms with Crippen LogP contribution in [0.25, 0.3) is 16.8 Å². The topological polar surface area (TPSA) is 104 Å². The molecule has 0 N–H and O–H groups in total. The molecule has 54 heavy (non-hydrogen) atoms. The first kappa shape index (κ1) is 42.2. The highest BCUT2D eigenvalue weighted by Gasteiger charge is 2.55. The van der Waals surface area contributed by atoms with Gasteiger partial charge in [-0.15, -0.1) is 10.00 Å². The Morgan fingerprint density at radius 2 is 1.41 bits per heavy atom. The van der Waals surface area contributed by atoms with Crippen molar-refractivity contribution < 1.29 is 45.8 Å². The molecule has 0 aliphatic carbocycles. The smallest absolute Gasteiger partial charge is 0.427 e. The molecule has 0 bridgehead atoms. The molecule has 0 spiro atoms. The molecule has 0 aliphatic heterocycles. The van der Waals surface area contributed by atoms with Gasteiger partial charge in [0.1, 0.15) is 16.8 Å². The highest BCUT2D eigenvalue weighted by atomic mass is 28.4. The number of carbonyl (C=O) groups excluding carboxylic acids is 2. The monoisotopic (exact) mass is 774 g/mol. The van der Waals surface area contributed by atoms with E-state index in [0.717, 1.165) is 6.07 Å². The molecule has 4 aromatic rings. The van der Waals surface area contributed by atoms with E-state index in [1.54, 1.807) is 71.9 Å². The van der Waals surface area contributed by atoms with E-state index in [1.165, 1.54) is 35.8 Å². The van der Waals surface area contributed by atoms with Gasteiger partial charge in [-0.05, 0) is 102 Å². The number of ether oxygens (including phenoxy) is 3. The highest BCUT2D eigenvalue weighted by Crippen LogP contribution is 2.47. The molecule has 0 radical (unpaired) electrons. The number of hydrogen-bond donors (Lipinski definition) is 0. The Morgan fingerprint density at radius 1 is 0.833 bits per heavy atom. The number of aromatic nitrogens is 3. The summed E-state index contributed by atoms with van der Waals surface area (Å²) in [6, 6.07) is 15.2. The lowest BCUT2D eigenvalue weighted by Gasteiger charge is -2.45. The van der Waals surface area contributed by atoms with Crippen LogP contribution in [0.2, 0.25) is 18.1 Å². The Balaban J connectivity index is 1.63. The third-order valence-electron chi connectivity index (χ3n) is 9.08.